The first-order valence-corrected chi connectivity index (χ1v) is 8.88. The molecule has 0 N–H and O–H groups in total. The van der Waals surface area contributed by atoms with E-state index in [9.17, 15) is 0 Å². The summed E-state index contributed by atoms with van der Waals surface area (Å²) in [6.07, 6.45) is 4.23. The maximum Gasteiger partial charge on any atom is 0.160 e. The standard InChI is InChI=1S/C19H30N4/c1-14(2)22-10-8-15(12-22)11-17-21-16-7-6-9-20-18(16)23(17)13-19(3,4)5/h6-7,9,14-15H,8,10-13H2,1-5H3. The van der Waals surface area contributed by atoms with Crippen molar-refractivity contribution in [3.05, 3.63) is 24.2 Å². The van der Waals surface area contributed by atoms with Crippen LogP contribution in [0.2, 0.25) is 0 Å². The van der Waals surface area contributed by atoms with Gasteiger partial charge in [-0.05, 0) is 50.3 Å². The van der Waals surface area contributed by atoms with E-state index in [1.54, 1.807) is 0 Å². The summed E-state index contributed by atoms with van der Waals surface area (Å²) in [6.45, 7) is 14.8. The number of hydrogen-bond donors (Lipinski definition) is 0. The molecular weight excluding hydrogens is 284 g/mol. The van der Waals surface area contributed by atoms with E-state index in [0.29, 0.717) is 12.0 Å². The fourth-order valence-electron chi connectivity index (χ4n) is 3.56. The maximum atomic E-state index is 4.91. The van der Waals surface area contributed by atoms with Crippen molar-refractivity contribution < 1.29 is 0 Å². The number of imidazole rings is 1. The van der Waals surface area contributed by atoms with Gasteiger partial charge < -0.3 is 9.47 Å². The Balaban J connectivity index is 1.86. The van der Waals surface area contributed by atoms with Crippen molar-refractivity contribution in [2.24, 2.45) is 11.3 Å². The number of aromatic nitrogens is 3. The molecule has 2 aromatic heterocycles. The largest absolute Gasteiger partial charge is 0.312 e. The number of hydrogen-bond acceptors (Lipinski definition) is 3. The number of likely N-dealkylation sites (tertiary alicyclic amines) is 1. The lowest BCUT2D eigenvalue weighted by atomic mass is 9.96. The summed E-state index contributed by atoms with van der Waals surface area (Å²) in [7, 11) is 0. The van der Waals surface area contributed by atoms with Gasteiger partial charge in [-0.3, -0.25) is 0 Å². The first kappa shape index (κ1) is 16.4. The third kappa shape index (κ3) is 3.74. The van der Waals surface area contributed by atoms with Gasteiger partial charge >= 0.3 is 0 Å². The Morgan fingerprint density at radius 3 is 2.74 bits per heavy atom. The molecule has 1 saturated heterocycles. The summed E-state index contributed by atoms with van der Waals surface area (Å²) in [4.78, 5) is 12.1. The molecule has 4 heteroatoms. The van der Waals surface area contributed by atoms with E-state index < -0.39 is 0 Å². The number of pyridine rings is 1. The molecule has 1 atom stereocenters. The van der Waals surface area contributed by atoms with Crippen LogP contribution in [0, 0.1) is 11.3 Å². The molecule has 0 saturated carbocycles. The molecule has 0 aliphatic carbocycles. The molecule has 0 bridgehead atoms. The molecule has 0 spiro atoms. The van der Waals surface area contributed by atoms with Crippen molar-refractivity contribution in [1.29, 1.82) is 0 Å². The molecule has 3 rings (SSSR count). The molecular formula is C19H30N4. The van der Waals surface area contributed by atoms with Crippen molar-refractivity contribution in [1.82, 2.24) is 19.4 Å². The minimum Gasteiger partial charge on any atom is -0.312 e. The number of fused-ring (bicyclic) bond motifs is 1. The highest BCUT2D eigenvalue weighted by Crippen LogP contribution is 2.26. The molecule has 0 radical (unpaired) electrons. The van der Waals surface area contributed by atoms with Gasteiger partial charge in [0, 0.05) is 31.7 Å². The fraction of sp³-hybridized carbons (Fsp3) is 0.684. The molecule has 3 heterocycles. The van der Waals surface area contributed by atoms with Gasteiger partial charge in [0.05, 0.1) is 0 Å². The molecule has 4 nitrogen and oxygen atoms in total. The van der Waals surface area contributed by atoms with Crippen molar-refractivity contribution >= 4 is 11.2 Å². The van der Waals surface area contributed by atoms with Gasteiger partial charge in [-0.1, -0.05) is 20.8 Å². The van der Waals surface area contributed by atoms with Gasteiger partial charge in [-0.2, -0.15) is 0 Å². The lowest BCUT2D eigenvalue weighted by Crippen LogP contribution is -2.28. The lowest BCUT2D eigenvalue weighted by Gasteiger charge is -2.22. The van der Waals surface area contributed by atoms with E-state index in [-0.39, 0.29) is 5.41 Å². The summed E-state index contributed by atoms with van der Waals surface area (Å²) in [5, 5.41) is 0. The Labute approximate surface area is 139 Å². The summed E-state index contributed by atoms with van der Waals surface area (Å²) in [5.41, 5.74) is 2.29. The van der Waals surface area contributed by atoms with E-state index in [1.165, 1.54) is 25.3 Å². The van der Waals surface area contributed by atoms with Gasteiger partial charge in [0.2, 0.25) is 0 Å². The quantitative estimate of drug-likeness (QED) is 0.862. The highest BCUT2D eigenvalue weighted by atomic mass is 15.2. The summed E-state index contributed by atoms with van der Waals surface area (Å²) in [6, 6.07) is 4.71. The second kappa shape index (κ2) is 6.23. The van der Waals surface area contributed by atoms with Crippen LogP contribution >= 0.6 is 0 Å². The first-order chi connectivity index (χ1) is 10.8. The average Bonchev–Trinajstić information content (AvgIpc) is 3.04. The Morgan fingerprint density at radius 2 is 2.09 bits per heavy atom. The first-order valence-electron chi connectivity index (χ1n) is 8.88. The average molecular weight is 314 g/mol. The minimum atomic E-state index is 0.222. The molecule has 0 amide bonds. The van der Waals surface area contributed by atoms with E-state index in [1.807, 2.05) is 12.3 Å². The van der Waals surface area contributed by atoms with Gasteiger partial charge in [-0.15, -0.1) is 0 Å². The summed E-state index contributed by atoms with van der Waals surface area (Å²) < 4.78 is 2.35. The van der Waals surface area contributed by atoms with E-state index in [0.717, 1.165) is 24.1 Å². The molecule has 126 valence electrons. The molecule has 2 aromatic rings. The van der Waals surface area contributed by atoms with E-state index in [2.05, 4.69) is 55.1 Å². The summed E-state index contributed by atoms with van der Waals surface area (Å²) >= 11 is 0. The Kier molecular flexibility index (Phi) is 4.45. The van der Waals surface area contributed by atoms with Gasteiger partial charge in [0.1, 0.15) is 11.3 Å². The minimum absolute atomic E-state index is 0.222. The van der Waals surface area contributed by atoms with E-state index in [4.69, 9.17) is 4.98 Å². The molecule has 0 aromatic carbocycles. The zero-order chi connectivity index (χ0) is 16.6. The van der Waals surface area contributed by atoms with Gasteiger partial charge in [0.15, 0.2) is 5.65 Å². The SMILES string of the molecule is CC(C)N1CCC(Cc2nc3cccnc3n2CC(C)(C)C)C1. The van der Waals surface area contributed by atoms with Crippen molar-refractivity contribution in [2.75, 3.05) is 13.1 Å². The third-order valence-corrected chi connectivity index (χ3v) is 4.73. The highest BCUT2D eigenvalue weighted by molar-refractivity contribution is 5.71. The molecule has 1 fully saturated rings. The topological polar surface area (TPSA) is 34.0 Å². The van der Waals surface area contributed by atoms with Gasteiger partial charge in [0.25, 0.3) is 0 Å². The van der Waals surface area contributed by atoms with Crippen LogP contribution in [-0.2, 0) is 13.0 Å². The summed E-state index contributed by atoms with van der Waals surface area (Å²) in [5.74, 6) is 1.93. The normalized spacial score (nSPS) is 20.0. The Morgan fingerprint density at radius 1 is 1.30 bits per heavy atom. The van der Waals surface area contributed by atoms with Crippen molar-refractivity contribution in [2.45, 2.75) is 60.0 Å². The number of nitrogens with zero attached hydrogens (tertiary/aromatic N) is 4. The van der Waals surface area contributed by atoms with Crippen LogP contribution in [0.25, 0.3) is 11.2 Å². The molecule has 1 aliphatic rings. The van der Waals surface area contributed by atoms with Crippen LogP contribution in [-0.4, -0.2) is 38.6 Å². The second-order valence-corrected chi connectivity index (χ2v) is 8.47. The van der Waals surface area contributed by atoms with Crippen LogP contribution in [0.15, 0.2) is 18.3 Å². The molecule has 1 aliphatic heterocycles. The van der Waals surface area contributed by atoms with Crippen molar-refractivity contribution in [3.63, 3.8) is 0 Å². The van der Waals surface area contributed by atoms with Crippen LogP contribution in [0.1, 0.15) is 46.9 Å². The van der Waals surface area contributed by atoms with Crippen LogP contribution < -0.4 is 0 Å². The fourth-order valence-corrected chi connectivity index (χ4v) is 3.56. The van der Waals surface area contributed by atoms with Crippen LogP contribution in [0.4, 0.5) is 0 Å². The van der Waals surface area contributed by atoms with E-state index >= 15 is 0 Å². The third-order valence-electron chi connectivity index (χ3n) is 4.73. The predicted octanol–water partition coefficient (Wildman–Crippen LogP) is 3.75. The zero-order valence-corrected chi connectivity index (χ0v) is 15.2. The monoisotopic (exact) mass is 314 g/mol. The van der Waals surface area contributed by atoms with Crippen LogP contribution in [0.5, 0.6) is 0 Å². The Bertz CT molecular complexity index is 666. The number of rotatable bonds is 4. The second-order valence-electron chi connectivity index (χ2n) is 8.47. The maximum absolute atomic E-state index is 4.91. The highest BCUT2D eigenvalue weighted by Gasteiger charge is 2.27. The Hall–Kier alpha value is -1.42. The van der Waals surface area contributed by atoms with Crippen molar-refractivity contribution in [3.8, 4) is 0 Å². The predicted molar refractivity (Wildman–Crippen MR) is 95.5 cm³/mol. The molecule has 1 unspecified atom stereocenters. The van der Waals surface area contributed by atoms with Gasteiger partial charge in [-0.25, -0.2) is 9.97 Å². The zero-order valence-electron chi connectivity index (χ0n) is 15.2. The smallest absolute Gasteiger partial charge is 0.160 e. The van der Waals surface area contributed by atoms with Crippen LogP contribution in [0.3, 0.4) is 0 Å². The lowest BCUT2D eigenvalue weighted by molar-refractivity contribution is 0.263. The molecule has 23 heavy (non-hydrogen) atoms.